The van der Waals surface area contributed by atoms with Crippen LogP contribution in [0, 0.1) is 0 Å². The Balaban J connectivity index is 2.20. The summed E-state index contributed by atoms with van der Waals surface area (Å²) < 4.78 is 0. The van der Waals surface area contributed by atoms with Crippen molar-refractivity contribution < 1.29 is 9.63 Å². The van der Waals surface area contributed by atoms with Gasteiger partial charge in [0.05, 0.1) is 6.61 Å². The zero-order valence-electron chi connectivity index (χ0n) is 7.16. The lowest BCUT2D eigenvalue weighted by Crippen LogP contribution is -2.35. The van der Waals surface area contributed by atoms with Crippen molar-refractivity contribution in [2.24, 2.45) is 5.73 Å². The van der Waals surface area contributed by atoms with Gasteiger partial charge in [0.2, 0.25) is 0 Å². The fraction of sp³-hybridized carbons (Fsp3) is 0.857. The number of nitrogens with two attached hydrogens (primary N) is 1. The monoisotopic (exact) mass is 190 g/mol. The molecule has 0 bridgehead atoms. The molecule has 1 aliphatic rings. The number of hydroxylamine groups is 2. The Morgan fingerprint density at radius 3 is 3.08 bits per heavy atom. The molecular weight excluding hydrogens is 176 g/mol. The van der Waals surface area contributed by atoms with E-state index in [1.807, 2.05) is 6.26 Å². The van der Waals surface area contributed by atoms with Gasteiger partial charge in [0, 0.05) is 6.54 Å². The van der Waals surface area contributed by atoms with Crippen LogP contribution in [0.3, 0.4) is 0 Å². The third-order valence-corrected chi connectivity index (χ3v) is 2.38. The molecule has 1 atom stereocenters. The standard InChI is InChI=1S/C7H14N2O2S/c1-12-4-2-3-9-7(10)6(8)5-11-9/h6H,2-5,8H2,1H3. The first-order valence-electron chi connectivity index (χ1n) is 3.94. The molecule has 4 nitrogen and oxygen atoms in total. The van der Waals surface area contributed by atoms with E-state index in [2.05, 4.69) is 0 Å². The molecule has 1 saturated heterocycles. The first-order valence-corrected chi connectivity index (χ1v) is 5.34. The van der Waals surface area contributed by atoms with Gasteiger partial charge < -0.3 is 5.73 Å². The molecule has 12 heavy (non-hydrogen) atoms. The van der Waals surface area contributed by atoms with Crippen LogP contribution in [-0.4, -0.2) is 42.2 Å². The maximum Gasteiger partial charge on any atom is 0.265 e. The van der Waals surface area contributed by atoms with Crippen molar-refractivity contribution in [1.29, 1.82) is 0 Å². The smallest absolute Gasteiger partial charge is 0.265 e. The molecule has 0 aliphatic carbocycles. The molecule has 70 valence electrons. The molecule has 0 saturated carbocycles. The molecule has 1 fully saturated rings. The number of hydrogen-bond acceptors (Lipinski definition) is 4. The minimum absolute atomic E-state index is 0.0869. The Morgan fingerprint density at radius 2 is 2.58 bits per heavy atom. The molecule has 0 radical (unpaired) electrons. The number of rotatable bonds is 4. The number of carbonyl (C=O) groups excluding carboxylic acids is 1. The largest absolute Gasteiger partial charge is 0.318 e. The molecule has 0 aromatic heterocycles. The molecule has 0 aromatic rings. The summed E-state index contributed by atoms with van der Waals surface area (Å²) >= 11 is 1.76. The van der Waals surface area contributed by atoms with Gasteiger partial charge in [-0.15, -0.1) is 0 Å². The number of amides is 1. The summed E-state index contributed by atoms with van der Waals surface area (Å²) in [6.45, 7) is 0.992. The van der Waals surface area contributed by atoms with Gasteiger partial charge in [-0.3, -0.25) is 9.63 Å². The second-order valence-corrected chi connectivity index (χ2v) is 3.67. The van der Waals surface area contributed by atoms with E-state index >= 15 is 0 Å². The van der Waals surface area contributed by atoms with Crippen LogP contribution >= 0.6 is 11.8 Å². The Morgan fingerprint density at radius 1 is 1.83 bits per heavy atom. The second kappa shape index (κ2) is 4.69. The first-order chi connectivity index (χ1) is 5.75. The van der Waals surface area contributed by atoms with E-state index in [0.717, 1.165) is 12.2 Å². The van der Waals surface area contributed by atoms with E-state index in [-0.39, 0.29) is 5.91 Å². The topological polar surface area (TPSA) is 55.6 Å². The summed E-state index contributed by atoms with van der Waals surface area (Å²) in [6.07, 6.45) is 3.00. The molecular formula is C7H14N2O2S. The van der Waals surface area contributed by atoms with Gasteiger partial charge in [0.25, 0.3) is 5.91 Å². The highest BCUT2D eigenvalue weighted by molar-refractivity contribution is 7.98. The molecule has 0 spiro atoms. The van der Waals surface area contributed by atoms with E-state index in [0.29, 0.717) is 13.2 Å². The molecule has 1 heterocycles. The zero-order chi connectivity index (χ0) is 8.97. The summed E-state index contributed by atoms with van der Waals surface area (Å²) in [4.78, 5) is 16.2. The molecule has 1 aliphatic heterocycles. The molecule has 2 N–H and O–H groups in total. The Bertz CT molecular complexity index is 165. The molecule has 1 amide bonds. The van der Waals surface area contributed by atoms with E-state index in [4.69, 9.17) is 10.6 Å². The lowest BCUT2D eigenvalue weighted by molar-refractivity contribution is -0.161. The summed E-state index contributed by atoms with van der Waals surface area (Å²) in [5, 5.41) is 1.38. The van der Waals surface area contributed by atoms with Gasteiger partial charge in [0.1, 0.15) is 6.04 Å². The van der Waals surface area contributed by atoms with Gasteiger partial charge in [-0.2, -0.15) is 11.8 Å². The maximum absolute atomic E-state index is 11.2. The van der Waals surface area contributed by atoms with Gasteiger partial charge >= 0.3 is 0 Å². The maximum atomic E-state index is 11.2. The highest BCUT2D eigenvalue weighted by Crippen LogP contribution is 2.07. The number of hydrogen-bond donors (Lipinski definition) is 1. The highest BCUT2D eigenvalue weighted by Gasteiger charge is 2.29. The summed E-state index contributed by atoms with van der Waals surface area (Å²) in [7, 11) is 0. The van der Waals surface area contributed by atoms with Crippen molar-refractivity contribution in [3.05, 3.63) is 0 Å². The third kappa shape index (κ3) is 2.36. The van der Waals surface area contributed by atoms with E-state index in [1.165, 1.54) is 5.06 Å². The third-order valence-electron chi connectivity index (χ3n) is 1.68. The van der Waals surface area contributed by atoms with Crippen LogP contribution in [0.2, 0.25) is 0 Å². The minimum Gasteiger partial charge on any atom is -0.318 e. The summed E-state index contributed by atoms with van der Waals surface area (Å²) in [5.41, 5.74) is 5.45. The molecule has 0 aromatic carbocycles. The van der Waals surface area contributed by atoms with Gasteiger partial charge in [-0.1, -0.05) is 0 Å². The predicted molar refractivity (Wildman–Crippen MR) is 48.6 cm³/mol. The summed E-state index contributed by atoms with van der Waals surface area (Å²) in [6, 6.07) is -0.445. The van der Waals surface area contributed by atoms with E-state index in [9.17, 15) is 4.79 Å². The van der Waals surface area contributed by atoms with Gasteiger partial charge in [0.15, 0.2) is 0 Å². The zero-order valence-corrected chi connectivity index (χ0v) is 7.97. The second-order valence-electron chi connectivity index (χ2n) is 2.69. The Kier molecular flexibility index (Phi) is 3.84. The average Bonchev–Trinajstić information content (AvgIpc) is 2.36. The van der Waals surface area contributed by atoms with Crippen molar-refractivity contribution in [3.8, 4) is 0 Å². The fourth-order valence-corrected chi connectivity index (χ4v) is 1.44. The minimum atomic E-state index is -0.445. The van der Waals surface area contributed by atoms with Crippen molar-refractivity contribution in [2.45, 2.75) is 12.5 Å². The first kappa shape index (κ1) is 9.83. The van der Waals surface area contributed by atoms with Crippen LogP contribution in [0.5, 0.6) is 0 Å². The van der Waals surface area contributed by atoms with Crippen LogP contribution in [0.15, 0.2) is 0 Å². The van der Waals surface area contributed by atoms with Crippen LogP contribution in [0.1, 0.15) is 6.42 Å². The SMILES string of the molecule is CSCCCN1OCC(N)C1=O. The molecule has 1 rings (SSSR count). The van der Waals surface area contributed by atoms with Gasteiger partial charge in [-0.05, 0) is 18.4 Å². The average molecular weight is 190 g/mol. The molecule has 1 unspecified atom stereocenters. The van der Waals surface area contributed by atoms with Crippen molar-refractivity contribution in [2.75, 3.05) is 25.2 Å². The predicted octanol–water partition coefficient (Wildman–Crippen LogP) is -0.159. The lowest BCUT2D eigenvalue weighted by atomic mass is 10.3. The van der Waals surface area contributed by atoms with Crippen LogP contribution < -0.4 is 5.73 Å². The Labute approximate surface area is 76.4 Å². The van der Waals surface area contributed by atoms with E-state index < -0.39 is 6.04 Å². The normalized spacial score (nSPS) is 23.7. The van der Waals surface area contributed by atoms with Crippen LogP contribution in [-0.2, 0) is 9.63 Å². The quantitative estimate of drug-likeness (QED) is 0.626. The summed E-state index contributed by atoms with van der Waals surface area (Å²) in [5.74, 6) is 0.957. The lowest BCUT2D eigenvalue weighted by Gasteiger charge is -2.12. The van der Waals surface area contributed by atoms with E-state index in [1.54, 1.807) is 11.8 Å². The van der Waals surface area contributed by atoms with Crippen LogP contribution in [0.25, 0.3) is 0 Å². The van der Waals surface area contributed by atoms with Crippen molar-refractivity contribution >= 4 is 17.7 Å². The highest BCUT2D eigenvalue weighted by atomic mass is 32.2. The number of nitrogens with zero attached hydrogens (tertiary/aromatic N) is 1. The molecule has 5 heteroatoms. The van der Waals surface area contributed by atoms with Gasteiger partial charge in [-0.25, -0.2) is 5.06 Å². The van der Waals surface area contributed by atoms with Crippen molar-refractivity contribution in [3.63, 3.8) is 0 Å². The van der Waals surface area contributed by atoms with Crippen molar-refractivity contribution in [1.82, 2.24) is 5.06 Å². The Hall–Kier alpha value is -0.260. The van der Waals surface area contributed by atoms with Crippen LogP contribution in [0.4, 0.5) is 0 Å². The fourth-order valence-electron chi connectivity index (χ4n) is 1.02. The number of carbonyl (C=O) groups is 1. The number of thioether (sulfide) groups is 1.